The summed E-state index contributed by atoms with van der Waals surface area (Å²) in [6.45, 7) is 14.8. The van der Waals surface area contributed by atoms with Crippen molar-refractivity contribution < 1.29 is 28.5 Å². The molecule has 2 saturated heterocycles. The summed E-state index contributed by atoms with van der Waals surface area (Å²) in [7, 11) is 1.73. The molecule has 0 spiro atoms. The van der Waals surface area contributed by atoms with E-state index in [-0.39, 0.29) is 30.4 Å². The highest BCUT2D eigenvalue weighted by atomic mass is 16.5. The fourth-order valence-corrected chi connectivity index (χ4v) is 9.75. The fourth-order valence-electron chi connectivity index (χ4n) is 9.75. The third kappa shape index (κ3) is 6.79. The lowest BCUT2D eigenvalue weighted by Crippen LogP contribution is -2.41. The molecule has 308 valence electrons. The lowest BCUT2D eigenvalue weighted by molar-refractivity contribution is -0.139. The summed E-state index contributed by atoms with van der Waals surface area (Å²) in [5.41, 5.74) is 9.52. The molecule has 1 unspecified atom stereocenters. The van der Waals surface area contributed by atoms with Crippen LogP contribution in [0.4, 0.5) is 11.4 Å². The quantitative estimate of drug-likeness (QED) is 0.0852. The zero-order valence-electron chi connectivity index (χ0n) is 35.0. The number of amides is 1. The monoisotopic (exact) mass is 803 g/mol. The molecule has 5 aromatic carbocycles. The predicted molar refractivity (Wildman–Crippen MR) is 238 cm³/mol. The summed E-state index contributed by atoms with van der Waals surface area (Å²) in [5.74, 6) is 0.992. The molecule has 1 N–H and O–H groups in total. The van der Waals surface area contributed by atoms with Gasteiger partial charge in [-0.25, -0.2) is 4.79 Å². The van der Waals surface area contributed by atoms with Crippen molar-refractivity contribution in [1.29, 1.82) is 0 Å². The Hall–Kier alpha value is -6.06. The van der Waals surface area contributed by atoms with Crippen molar-refractivity contribution in [2.24, 2.45) is 5.92 Å². The van der Waals surface area contributed by atoms with E-state index in [4.69, 9.17) is 18.9 Å². The number of hydrogen-bond donors (Lipinski definition) is 1. The van der Waals surface area contributed by atoms with E-state index in [1.54, 1.807) is 14.0 Å². The number of carbonyl (C=O) groups excluding carboxylic acids is 2. The normalized spacial score (nSPS) is 19.2. The molecule has 9 nitrogen and oxygen atoms in total. The van der Waals surface area contributed by atoms with Crippen LogP contribution in [-0.2, 0) is 30.1 Å². The SMILES string of the molecule is C=C(C)C(=O)OCCNC(=O)C1CCN(c2cc3c4c(c5c(c3cc2OC)OC(c2ccccc2)(c2ccc(N3CCOCC3)cc2)C=C5)C(C)(C)c2ccccc2-4)CC1. The van der Waals surface area contributed by atoms with Crippen LogP contribution in [0.2, 0.25) is 0 Å². The molecule has 5 aromatic rings. The molecular formula is C51H53N3O6. The van der Waals surface area contributed by atoms with Crippen LogP contribution in [-0.4, -0.2) is 71.5 Å². The number of nitrogens with zero attached hydrogens (tertiary/aromatic N) is 2. The molecule has 9 heteroatoms. The Labute approximate surface area is 352 Å². The standard InChI is InChI=1S/C51H53N3O6/c1-33(2)49(56)59-28-23-52-48(55)34-20-24-54(25-21-34)43-31-40-41(32-44(43)57-5)47-39(46-45(40)38-13-9-10-14-42(38)50(46,3)4)19-22-51(60-47,35-11-7-6-8-12-35)36-15-17-37(18-16-36)53-26-29-58-30-27-53/h6-19,22,31-32,34H,1,20-21,23-30H2,2-5H3,(H,52,55). The number of esters is 1. The van der Waals surface area contributed by atoms with Crippen molar-refractivity contribution in [3.8, 4) is 22.6 Å². The maximum Gasteiger partial charge on any atom is 0.333 e. The summed E-state index contributed by atoms with van der Waals surface area (Å²) in [4.78, 5) is 29.6. The Morgan fingerprint density at radius 2 is 1.57 bits per heavy atom. The summed E-state index contributed by atoms with van der Waals surface area (Å²) in [6, 6.07) is 32.6. The van der Waals surface area contributed by atoms with E-state index in [0.717, 1.165) is 71.0 Å². The van der Waals surface area contributed by atoms with Gasteiger partial charge in [0.15, 0.2) is 5.60 Å². The molecule has 4 aliphatic rings. The second kappa shape index (κ2) is 15.8. The van der Waals surface area contributed by atoms with Crippen LogP contribution in [0.1, 0.15) is 61.4 Å². The topological polar surface area (TPSA) is 89.6 Å². The number of morpholine rings is 1. The van der Waals surface area contributed by atoms with Gasteiger partial charge in [-0.3, -0.25) is 4.79 Å². The molecule has 0 bridgehead atoms. The first-order valence-electron chi connectivity index (χ1n) is 21.1. The summed E-state index contributed by atoms with van der Waals surface area (Å²) in [5, 5.41) is 5.06. The van der Waals surface area contributed by atoms with Crippen LogP contribution in [0.5, 0.6) is 11.5 Å². The van der Waals surface area contributed by atoms with E-state index in [1.165, 1.54) is 27.9 Å². The van der Waals surface area contributed by atoms with Gasteiger partial charge in [0, 0.05) is 70.8 Å². The van der Waals surface area contributed by atoms with Gasteiger partial charge in [-0.1, -0.05) is 93.2 Å². The number of piperidine rings is 1. The third-order valence-corrected chi connectivity index (χ3v) is 12.9. The molecule has 0 saturated carbocycles. The van der Waals surface area contributed by atoms with Gasteiger partial charge in [0.2, 0.25) is 5.91 Å². The van der Waals surface area contributed by atoms with E-state index in [0.29, 0.717) is 31.5 Å². The number of methoxy groups -OCH3 is 1. The second-order valence-corrected chi connectivity index (χ2v) is 16.9. The number of rotatable bonds is 10. The van der Waals surface area contributed by atoms with Crippen LogP contribution in [0.25, 0.3) is 28.0 Å². The van der Waals surface area contributed by atoms with E-state index in [9.17, 15) is 9.59 Å². The van der Waals surface area contributed by atoms with E-state index in [2.05, 4.69) is 133 Å². The Bertz CT molecular complexity index is 2500. The zero-order chi connectivity index (χ0) is 41.6. The van der Waals surface area contributed by atoms with Gasteiger partial charge in [0.05, 0.1) is 32.6 Å². The van der Waals surface area contributed by atoms with Crippen LogP contribution in [0, 0.1) is 5.92 Å². The van der Waals surface area contributed by atoms with Crippen molar-refractivity contribution in [2.75, 3.05) is 69.5 Å². The number of hydrogen-bond acceptors (Lipinski definition) is 8. The van der Waals surface area contributed by atoms with Gasteiger partial charge in [0.25, 0.3) is 0 Å². The second-order valence-electron chi connectivity index (χ2n) is 16.9. The molecule has 3 heterocycles. The van der Waals surface area contributed by atoms with Crippen LogP contribution in [0.15, 0.2) is 109 Å². The minimum Gasteiger partial charge on any atom is -0.495 e. The minimum absolute atomic E-state index is 0.0161. The number of anilines is 2. The molecule has 1 amide bonds. The zero-order valence-corrected chi connectivity index (χ0v) is 35.0. The maximum atomic E-state index is 13.2. The van der Waals surface area contributed by atoms with Gasteiger partial charge in [0.1, 0.15) is 18.1 Å². The number of carbonyl (C=O) groups is 2. The number of nitrogens with one attached hydrogen (secondary N) is 1. The average molecular weight is 804 g/mol. The fraction of sp³-hybridized carbons (Fsp3) is 0.333. The van der Waals surface area contributed by atoms with Gasteiger partial charge < -0.3 is 34.1 Å². The van der Waals surface area contributed by atoms with E-state index in [1.807, 2.05) is 6.07 Å². The molecule has 1 aliphatic carbocycles. The van der Waals surface area contributed by atoms with E-state index < -0.39 is 11.6 Å². The van der Waals surface area contributed by atoms with Crippen molar-refractivity contribution in [2.45, 2.75) is 44.6 Å². The Kier molecular flexibility index (Phi) is 10.4. The lowest BCUT2D eigenvalue weighted by atomic mass is 9.76. The highest BCUT2D eigenvalue weighted by Crippen LogP contribution is 2.59. The Morgan fingerprint density at radius 3 is 2.28 bits per heavy atom. The number of benzene rings is 5. The maximum absolute atomic E-state index is 13.2. The molecule has 9 rings (SSSR count). The van der Waals surface area contributed by atoms with Crippen molar-refractivity contribution in [1.82, 2.24) is 5.32 Å². The molecular weight excluding hydrogens is 751 g/mol. The minimum atomic E-state index is -0.894. The number of ether oxygens (including phenoxy) is 4. The van der Waals surface area contributed by atoms with Gasteiger partial charge in [-0.15, -0.1) is 0 Å². The Morgan fingerprint density at radius 1 is 0.867 bits per heavy atom. The van der Waals surface area contributed by atoms with Crippen LogP contribution in [0.3, 0.4) is 0 Å². The summed E-state index contributed by atoms with van der Waals surface area (Å²) in [6.07, 6.45) is 5.93. The van der Waals surface area contributed by atoms with E-state index >= 15 is 0 Å². The average Bonchev–Trinajstić information content (AvgIpc) is 3.54. The smallest absolute Gasteiger partial charge is 0.333 e. The first-order chi connectivity index (χ1) is 29.1. The van der Waals surface area contributed by atoms with Gasteiger partial charge in [-0.05, 0) is 77.7 Å². The van der Waals surface area contributed by atoms with Crippen molar-refractivity contribution >= 4 is 40.1 Å². The lowest BCUT2D eigenvalue weighted by Gasteiger charge is -2.39. The van der Waals surface area contributed by atoms with Gasteiger partial charge in [-0.2, -0.15) is 0 Å². The molecule has 2 fully saturated rings. The summed E-state index contributed by atoms with van der Waals surface area (Å²) < 4.78 is 24.7. The van der Waals surface area contributed by atoms with Crippen molar-refractivity contribution in [3.05, 3.63) is 137 Å². The first-order valence-corrected chi connectivity index (χ1v) is 21.1. The van der Waals surface area contributed by atoms with Crippen molar-refractivity contribution in [3.63, 3.8) is 0 Å². The first kappa shape index (κ1) is 39.4. The van der Waals surface area contributed by atoms with Crippen LogP contribution < -0.4 is 24.6 Å². The molecule has 0 radical (unpaired) electrons. The number of fused-ring (bicyclic) bond motifs is 8. The molecule has 3 aliphatic heterocycles. The van der Waals surface area contributed by atoms with Crippen LogP contribution >= 0.6 is 0 Å². The predicted octanol–water partition coefficient (Wildman–Crippen LogP) is 8.79. The highest BCUT2D eigenvalue weighted by molar-refractivity contribution is 6.10. The largest absolute Gasteiger partial charge is 0.495 e. The molecule has 60 heavy (non-hydrogen) atoms. The summed E-state index contributed by atoms with van der Waals surface area (Å²) >= 11 is 0. The molecule has 0 aromatic heterocycles. The Balaban J connectivity index is 1.12. The van der Waals surface area contributed by atoms with Gasteiger partial charge >= 0.3 is 5.97 Å². The third-order valence-electron chi connectivity index (χ3n) is 12.9. The highest BCUT2D eigenvalue weighted by Gasteiger charge is 2.44. The molecule has 1 atom stereocenters.